The number of fused-ring (bicyclic) bond motifs is 2. The van der Waals surface area contributed by atoms with E-state index in [1.54, 1.807) is 6.20 Å². The topological polar surface area (TPSA) is 56.6 Å². The Kier molecular flexibility index (Phi) is 7.15. The molecule has 2 aromatic heterocycles. The van der Waals surface area contributed by atoms with Crippen LogP contribution in [-0.4, -0.2) is 35.2 Å². The summed E-state index contributed by atoms with van der Waals surface area (Å²) in [5.74, 6) is 0.298. The van der Waals surface area contributed by atoms with E-state index in [1.807, 2.05) is 19.1 Å². The molecule has 198 valence electrons. The number of aryl methyl sites for hydroxylation is 1. The Hall–Kier alpha value is -3.80. The minimum atomic E-state index is -1.19. The highest BCUT2D eigenvalue weighted by Crippen LogP contribution is 2.53. The molecule has 2 aromatic carbocycles. The molecule has 0 amide bonds. The summed E-state index contributed by atoms with van der Waals surface area (Å²) < 4.78 is 15.2. The lowest BCUT2D eigenvalue weighted by molar-refractivity contribution is 0.0243. The second-order valence-electron chi connectivity index (χ2n) is 9.74. The Morgan fingerprint density at radius 3 is 2.53 bits per heavy atom. The normalized spacial score (nSPS) is 16.5. The molecule has 0 saturated heterocycles. The molecule has 0 aliphatic carbocycles. The first kappa shape index (κ1) is 25.8. The van der Waals surface area contributed by atoms with Crippen molar-refractivity contribution in [3.63, 3.8) is 0 Å². The Balaban J connectivity index is 1.88. The summed E-state index contributed by atoms with van der Waals surface area (Å²) in [5.41, 5.74) is 5.01. The lowest BCUT2D eigenvalue weighted by atomic mass is 9.78. The van der Waals surface area contributed by atoms with Gasteiger partial charge in [-0.3, -0.25) is 0 Å². The highest BCUT2D eigenvalue weighted by molar-refractivity contribution is 5.97. The van der Waals surface area contributed by atoms with Gasteiger partial charge in [0.2, 0.25) is 0 Å². The van der Waals surface area contributed by atoms with E-state index in [0.717, 1.165) is 71.5 Å². The summed E-state index contributed by atoms with van der Waals surface area (Å²) in [7, 11) is 0. The second-order valence-corrected chi connectivity index (χ2v) is 9.74. The molecule has 0 bridgehead atoms. The molecule has 0 fully saturated rings. The molecule has 6 nitrogen and oxygen atoms in total. The predicted octanol–water partition coefficient (Wildman–Crippen LogP) is 6.85. The van der Waals surface area contributed by atoms with Crippen LogP contribution in [0.4, 0.5) is 5.69 Å². The Morgan fingerprint density at radius 2 is 1.79 bits per heavy atom. The molecule has 1 atom stereocenters. The van der Waals surface area contributed by atoms with Crippen LogP contribution in [0.3, 0.4) is 0 Å². The van der Waals surface area contributed by atoms with Crippen LogP contribution in [0.25, 0.3) is 10.9 Å². The Morgan fingerprint density at radius 1 is 1.00 bits per heavy atom. The first-order valence-electron chi connectivity index (χ1n) is 13.8. The van der Waals surface area contributed by atoms with Gasteiger partial charge in [-0.1, -0.05) is 37.6 Å². The standard InChI is InChI=1S/C32H37N3O3/c1-6-10-20-35-22(5)29(24-14-11-12-16-27(24)35)32(26-15-13-19-33-30(26)31(36)38-32)25-18-17-23(34(7-2)8-3)21-28(25)37-9-4/h11-19,21H,6-10,20H2,1-5H3. The third-order valence-corrected chi connectivity index (χ3v) is 7.72. The van der Waals surface area contributed by atoms with Crippen LogP contribution in [0.1, 0.15) is 73.4 Å². The monoisotopic (exact) mass is 511 g/mol. The number of nitrogens with zero attached hydrogens (tertiary/aromatic N) is 3. The van der Waals surface area contributed by atoms with E-state index in [4.69, 9.17) is 9.47 Å². The third kappa shape index (κ3) is 3.94. The number of esters is 1. The van der Waals surface area contributed by atoms with Crippen molar-refractivity contribution in [2.45, 2.75) is 59.6 Å². The van der Waals surface area contributed by atoms with Crippen LogP contribution in [0.2, 0.25) is 0 Å². The van der Waals surface area contributed by atoms with Crippen LogP contribution in [0, 0.1) is 6.92 Å². The van der Waals surface area contributed by atoms with Gasteiger partial charge in [-0.05, 0) is 58.4 Å². The van der Waals surface area contributed by atoms with Gasteiger partial charge in [0, 0.05) is 70.9 Å². The van der Waals surface area contributed by atoms with Gasteiger partial charge < -0.3 is 18.9 Å². The molecule has 38 heavy (non-hydrogen) atoms. The average molecular weight is 512 g/mol. The number of hydrogen-bond acceptors (Lipinski definition) is 5. The summed E-state index contributed by atoms with van der Waals surface area (Å²) in [4.78, 5) is 20.2. The molecule has 1 aliphatic heterocycles. The molecule has 3 heterocycles. The fourth-order valence-electron chi connectivity index (χ4n) is 5.96. The van der Waals surface area contributed by atoms with E-state index < -0.39 is 11.6 Å². The summed E-state index contributed by atoms with van der Waals surface area (Å²) in [5, 5.41) is 1.07. The molecule has 1 unspecified atom stereocenters. The van der Waals surface area contributed by atoms with E-state index in [1.165, 1.54) is 0 Å². The SMILES string of the molecule is CCCCn1c(C)c(C2(c3ccc(N(CC)CC)cc3OCC)OC(=O)c3ncccc32)c2ccccc21. The van der Waals surface area contributed by atoms with E-state index in [9.17, 15) is 4.79 Å². The minimum Gasteiger partial charge on any atom is -0.493 e. The van der Waals surface area contributed by atoms with Gasteiger partial charge in [0.1, 0.15) is 5.75 Å². The van der Waals surface area contributed by atoms with E-state index in [2.05, 4.69) is 84.6 Å². The highest BCUT2D eigenvalue weighted by atomic mass is 16.6. The first-order chi connectivity index (χ1) is 18.5. The lowest BCUT2D eigenvalue weighted by Gasteiger charge is -2.33. The maximum absolute atomic E-state index is 13.5. The number of cyclic esters (lactones) is 1. The molecule has 0 N–H and O–H groups in total. The number of unbranched alkanes of at least 4 members (excludes halogenated alkanes) is 1. The summed E-state index contributed by atoms with van der Waals surface area (Å²) >= 11 is 0. The number of benzene rings is 2. The van der Waals surface area contributed by atoms with Crippen molar-refractivity contribution < 1.29 is 14.3 Å². The first-order valence-corrected chi connectivity index (χ1v) is 13.8. The fourth-order valence-corrected chi connectivity index (χ4v) is 5.96. The van der Waals surface area contributed by atoms with Gasteiger partial charge in [0.15, 0.2) is 11.3 Å². The molecular weight excluding hydrogens is 474 g/mol. The predicted molar refractivity (Wildman–Crippen MR) is 152 cm³/mol. The smallest absolute Gasteiger partial charge is 0.358 e. The summed E-state index contributed by atoms with van der Waals surface area (Å²) in [6.07, 6.45) is 3.81. The summed E-state index contributed by atoms with van der Waals surface area (Å²) in [6.45, 7) is 13.8. The number of aromatic nitrogens is 2. The van der Waals surface area contributed by atoms with Crippen molar-refractivity contribution in [2.75, 3.05) is 24.6 Å². The number of ether oxygens (including phenoxy) is 2. The van der Waals surface area contributed by atoms with Crippen molar-refractivity contribution in [2.24, 2.45) is 0 Å². The quantitative estimate of drug-likeness (QED) is 0.218. The maximum Gasteiger partial charge on any atom is 0.358 e. The number of anilines is 1. The third-order valence-electron chi connectivity index (χ3n) is 7.72. The molecule has 5 rings (SSSR count). The van der Waals surface area contributed by atoms with Crippen LogP contribution >= 0.6 is 0 Å². The maximum atomic E-state index is 13.5. The number of carbonyl (C=O) groups excluding carboxylic acids is 1. The van der Waals surface area contributed by atoms with Crippen molar-refractivity contribution >= 4 is 22.6 Å². The molecule has 0 saturated carbocycles. The number of rotatable bonds is 10. The zero-order valence-corrected chi connectivity index (χ0v) is 23.1. The number of carbonyl (C=O) groups is 1. The highest BCUT2D eigenvalue weighted by Gasteiger charge is 2.53. The van der Waals surface area contributed by atoms with Gasteiger partial charge >= 0.3 is 5.97 Å². The van der Waals surface area contributed by atoms with E-state index in [0.29, 0.717) is 18.1 Å². The molecule has 4 aromatic rings. The molecular formula is C32H37N3O3. The van der Waals surface area contributed by atoms with E-state index in [-0.39, 0.29) is 0 Å². The van der Waals surface area contributed by atoms with Gasteiger partial charge in [-0.2, -0.15) is 0 Å². The molecule has 1 aliphatic rings. The van der Waals surface area contributed by atoms with Crippen molar-refractivity contribution in [1.82, 2.24) is 9.55 Å². The van der Waals surface area contributed by atoms with Crippen LogP contribution in [0.5, 0.6) is 5.75 Å². The fraction of sp³-hybridized carbons (Fsp3) is 0.375. The van der Waals surface area contributed by atoms with Crippen LogP contribution < -0.4 is 9.64 Å². The Bertz CT molecular complexity index is 1470. The van der Waals surface area contributed by atoms with Gasteiger partial charge in [0.05, 0.1) is 6.61 Å². The van der Waals surface area contributed by atoms with Crippen molar-refractivity contribution in [3.8, 4) is 5.75 Å². The van der Waals surface area contributed by atoms with Gasteiger partial charge in [-0.15, -0.1) is 0 Å². The number of para-hydroxylation sites is 1. The largest absolute Gasteiger partial charge is 0.493 e. The van der Waals surface area contributed by atoms with Crippen molar-refractivity contribution in [1.29, 1.82) is 0 Å². The minimum absolute atomic E-state index is 0.354. The number of hydrogen-bond donors (Lipinski definition) is 0. The second kappa shape index (κ2) is 10.5. The lowest BCUT2D eigenvalue weighted by Crippen LogP contribution is -2.31. The Labute approximate surface area is 225 Å². The van der Waals surface area contributed by atoms with Gasteiger partial charge in [-0.25, -0.2) is 9.78 Å². The summed E-state index contributed by atoms with van der Waals surface area (Å²) in [6, 6.07) is 18.5. The number of pyridine rings is 1. The van der Waals surface area contributed by atoms with Crippen molar-refractivity contribution in [3.05, 3.63) is 88.9 Å². The molecule has 6 heteroatoms. The van der Waals surface area contributed by atoms with Gasteiger partial charge in [0.25, 0.3) is 0 Å². The zero-order valence-electron chi connectivity index (χ0n) is 23.1. The molecule has 0 radical (unpaired) electrons. The van der Waals surface area contributed by atoms with E-state index >= 15 is 0 Å². The molecule has 0 spiro atoms. The zero-order chi connectivity index (χ0) is 26.9. The van der Waals surface area contributed by atoms with Crippen LogP contribution in [-0.2, 0) is 16.9 Å². The van der Waals surface area contributed by atoms with Crippen LogP contribution in [0.15, 0.2) is 60.8 Å². The average Bonchev–Trinajstić information content (AvgIpc) is 3.39.